The number of thiophene rings is 1. The van der Waals surface area contributed by atoms with Gasteiger partial charge in [0, 0.05) is 32.3 Å². The molecule has 0 amide bonds. The van der Waals surface area contributed by atoms with Gasteiger partial charge in [0.25, 0.3) is 0 Å². The first-order valence-corrected chi connectivity index (χ1v) is 11.2. The number of hydrogen-bond donors (Lipinski definition) is 0. The van der Waals surface area contributed by atoms with Gasteiger partial charge in [-0.2, -0.15) is 0 Å². The molecule has 6 rings (SSSR count). The van der Waals surface area contributed by atoms with Gasteiger partial charge in [0.1, 0.15) is 10.4 Å². The van der Waals surface area contributed by atoms with E-state index < -0.39 is 0 Å². The quantitative estimate of drug-likeness (QED) is 0.286. The summed E-state index contributed by atoms with van der Waals surface area (Å²) in [7, 11) is 0. The lowest BCUT2D eigenvalue weighted by Crippen LogP contribution is -1.83. The minimum atomic E-state index is 0.678. The molecule has 0 atom stereocenters. The summed E-state index contributed by atoms with van der Waals surface area (Å²) in [6.45, 7) is 6.27. The van der Waals surface area contributed by atoms with Crippen molar-refractivity contribution in [3.63, 3.8) is 0 Å². The maximum absolute atomic E-state index is 6.18. The van der Waals surface area contributed by atoms with Crippen molar-refractivity contribution < 1.29 is 4.42 Å². The molecule has 0 bridgehead atoms. The van der Waals surface area contributed by atoms with Gasteiger partial charge in [-0.15, -0.1) is 11.3 Å². The summed E-state index contributed by atoms with van der Waals surface area (Å²) in [4.78, 5) is 11.9. The number of nitrogens with zero attached hydrogens (tertiary/aromatic N) is 2. The molecule has 0 spiro atoms. The Labute approximate surface area is 184 Å². The third kappa shape index (κ3) is 3.03. The Balaban J connectivity index is 1.52. The Morgan fingerprint density at radius 3 is 2.45 bits per heavy atom. The van der Waals surface area contributed by atoms with Crippen molar-refractivity contribution in [2.75, 3.05) is 0 Å². The molecule has 150 valence electrons. The van der Waals surface area contributed by atoms with Crippen molar-refractivity contribution in [3.05, 3.63) is 83.6 Å². The predicted octanol–water partition coefficient (Wildman–Crippen LogP) is 7.85. The zero-order valence-electron chi connectivity index (χ0n) is 17.6. The van der Waals surface area contributed by atoms with E-state index in [1.807, 2.05) is 13.0 Å². The van der Waals surface area contributed by atoms with Crippen LogP contribution >= 0.6 is 11.3 Å². The average Bonchev–Trinajstić information content (AvgIpc) is 3.33. The van der Waals surface area contributed by atoms with Crippen LogP contribution in [0, 0.1) is 20.8 Å². The van der Waals surface area contributed by atoms with Crippen LogP contribution in [0.15, 0.2) is 71.1 Å². The molecule has 4 aromatic heterocycles. The number of furan rings is 1. The molecule has 2 aromatic carbocycles. The summed E-state index contributed by atoms with van der Waals surface area (Å²) >= 11 is 1.73. The lowest BCUT2D eigenvalue weighted by molar-refractivity contribution is 0.653. The molecule has 31 heavy (non-hydrogen) atoms. The van der Waals surface area contributed by atoms with E-state index in [1.165, 1.54) is 21.6 Å². The van der Waals surface area contributed by atoms with Gasteiger partial charge in [0.15, 0.2) is 0 Å². The predicted molar refractivity (Wildman–Crippen MR) is 130 cm³/mol. The van der Waals surface area contributed by atoms with Crippen molar-refractivity contribution in [2.45, 2.75) is 20.8 Å². The van der Waals surface area contributed by atoms with Crippen LogP contribution in [0.3, 0.4) is 0 Å². The maximum atomic E-state index is 6.18. The molecule has 6 aromatic rings. The molecular formula is C27H20N2OS. The largest absolute Gasteiger partial charge is 0.437 e. The zero-order chi connectivity index (χ0) is 21.1. The molecule has 3 nitrogen and oxygen atoms in total. The number of para-hydroxylation sites is 1. The van der Waals surface area contributed by atoms with Crippen LogP contribution in [0.4, 0.5) is 0 Å². The molecule has 4 heteroatoms. The van der Waals surface area contributed by atoms with Gasteiger partial charge in [-0.25, -0.2) is 9.97 Å². The van der Waals surface area contributed by atoms with Crippen LogP contribution in [0.2, 0.25) is 0 Å². The van der Waals surface area contributed by atoms with Gasteiger partial charge in [-0.1, -0.05) is 41.5 Å². The van der Waals surface area contributed by atoms with E-state index in [4.69, 9.17) is 9.40 Å². The summed E-state index contributed by atoms with van der Waals surface area (Å²) < 4.78 is 6.18. The lowest BCUT2D eigenvalue weighted by Gasteiger charge is -2.02. The van der Waals surface area contributed by atoms with Gasteiger partial charge >= 0.3 is 0 Å². The molecule has 0 unspecified atom stereocenters. The Bertz CT molecular complexity index is 1600. The minimum absolute atomic E-state index is 0.678. The minimum Gasteiger partial charge on any atom is -0.437 e. The summed E-state index contributed by atoms with van der Waals surface area (Å²) in [6, 6.07) is 23.5. The normalized spacial score (nSPS) is 11.7. The molecule has 4 heterocycles. The van der Waals surface area contributed by atoms with Crippen molar-refractivity contribution in [3.8, 4) is 21.7 Å². The second-order valence-corrected chi connectivity index (χ2v) is 9.20. The summed E-state index contributed by atoms with van der Waals surface area (Å²) in [5, 5.41) is 3.28. The second-order valence-electron chi connectivity index (χ2n) is 8.17. The Morgan fingerprint density at radius 2 is 1.61 bits per heavy atom. The highest BCUT2D eigenvalue weighted by molar-refractivity contribution is 7.21. The van der Waals surface area contributed by atoms with Gasteiger partial charge in [-0.3, -0.25) is 0 Å². The molecule has 0 aliphatic rings. The number of benzene rings is 2. The summed E-state index contributed by atoms with van der Waals surface area (Å²) in [5.41, 5.74) is 8.19. The van der Waals surface area contributed by atoms with E-state index >= 15 is 0 Å². The van der Waals surface area contributed by atoms with Gasteiger partial charge in [0.05, 0.1) is 5.69 Å². The number of hydrogen-bond acceptors (Lipinski definition) is 4. The van der Waals surface area contributed by atoms with Crippen LogP contribution in [-0.4, -0.2) is 9.97 Å². The SMILES string of the molecule is Cc1cc(C)cc(-c2cc3ccc(-c4cccc5c4oc4nc(C)ccc45)nc3s2)c1. The van der Waals surface area contributed by atoms with Crippen molar-refractivity contribution in [2.24, 2.45) is 0 Å². The Hall–Kier alpha value is -3.50. The molecule has 0 radical (unpaired) electrons. The highest BCUT2D eigenvalue weighted by Gasteiger charge is 2.15. The highest BCUT2D eigenvalue weighted by atomic mass is 32.1. The van der Waals surface area contributed by atoms with Gasteiger partial charge < -0.3 is 4.42 Å². The molecule has 0 aliphatic carbocycles. The number of pyridine rings is 2. The van der Waals surface area contributed by atoms with E-state index in [0.717, 1.165) is 43.5 Å². The third-order valence-electron chi connectivity index (χ3n) is 5.67. The number of rotatable bonds is 2. The van der Waals surface area contributed by atoms with Crippen LogP contribution in [0.25, 0.3) is 54.0 Å². The van der Waals surface area contributed by atoms with Crippen LogP contribution in [-0.2, 0) is 0 Å². The van der Waals surface area contributed by atoms with E-state index in [2.05, 4.69) is 79.5 Å². The Morgan fingerprint density at radius 1 is 0.774 bits per heavy atom. The summed E-state index contributed by atoms with van der Waals surface area (Å²) in [6.07, 6.45) is 0. The first-order chi connectivity index (χ1) is 15.0. The number of fused-ring (bicyclic) bond motifs is 4. The van der Waals surface area contributed by atoms with Crippen LogP contribution in [0.5, 0.6) is 0 Å². The zero-order valence-corrected chi connectivity index (χ0v) is 18.4. The van der Waals surface area contributed by atoms with E-state index in [0.29, 0.717) is 5.71 Å². The first kappa shape index (κ1) is 18.3. The first-order valence-electron chi connectivity index (χ1n) is 10.3. The van der Waals surface area contributed by atoms with Gasteiger partial charge in [-0.05, 0) is 62.7 Å². The molecule has 0 saturated carbocycles. The fraction of sp³-hybridized carbons (Fsp3) is 0.111. The molecule has 0 saturated heterocycles. The second kappa shape index (κ2) is 6.76. The fourth-order valence-corrected chi connectivity index (χ4v) is 5.32. The van der Waals surface area contributed by atoms with Crippen molar-refractivity contribution in [1.29, 1.82) is 0 Å². The van der Waals surface area contributed by atoms with Crippen LogP contribution in [0.1, 0.15) is 16.8 Å². The van der Waals surface area contributed by atoms with E-state index in [-0.39, 0.29) is 0 Å². The summed E-state index contributed by atoms with van der Waals surface area (Å²) in [5.74, 6) is 0. The van der Waals surface area contributed by atoms with E-state index in [9.17, 15) is 0 Å². The molecule has 0 N–H and O–H groups in total. The van der Waals surface area contributed by atoms with Crippen molar-refractivity contribution >= 4 is 43.6 Å². The highest BCUT2D eigenvalue weighted by Crippen LogP contribution is 2.38. The molecular weight excluding hydrogens is 400 g/mol. The molecule has 0 aliphatic heterocycles. The average molecular weight is 421 g/mol. The van der Waals surface area contributed by atoms with Crippen molar-refractivity contribution in [1.82, 2.24) is 9.97 Å². The maximum Gasteiger partial charge on any atom is 0.227 e. The van der Waals surface area contributed by atoms with Crippen LogP contribution < -0.4 is 0 Å². The van der Waals surface area contributed by atoms with Gasteiger partial charge in [0.2, 0.25) is 5.71 Å². The topological polar surface area (TPSA) is 38.9 Å². The fourth-order valence-electron chi connectivity index (χ4n) is 4.30. The number of aryl methyl sites for hydroxylation is 3. The Kier molecular flexibility index (Phi) is 3.99. The third-order valence-corrected chi connectivity index (χ3v) is 6.76. The monoisotopic (exact) mass is 420 g/mol. The lowest BCUT2D eigenvalue weighted by atomic mass is 10.1. The van der Waals surface area contributed by atoms with E-state index in [1.54, 1.807) is 11.3 Å². The molecule has 0 fully saturated rings. The standard InChI is InChI=1S/C27H20N2OS/c1-15-11-16(2)13-19(12-15)24-14-18-8-10-23(29-27(18)31-24)22-6-4-5-20-21-9-7-17(3)28-26(21)30-25(20)22/h4-14H,1-3H3. The smallest absolute Gasteiger partial charge is 0.227 e. The number of aromatic nitrogens is 2.